The Morgan fingerprint density at radius 1 is 1.14 bits per heavy atom. The number of methoxy groups -OCH3 is 1. The van der Waals surface area contributed by atoms with Gasteiger partial charge in [-0.25, -0.2) is 4.99 Å². The number of halogens is 1. The Bertz CT molecular complexity index is 573. The smallest absolute Gasteiger partial charge is 0.191 e. The second-order valence-electron chi connectivity index (χ2n) is 7.45. The minimum Gasteiger partial charge on any atom is -0.381 e. The normalized spacial score (nSPS) is 15.8. The van der Waals surface area contributed by atoms with Gasteiger partial charge in [0.1, 0.15) is 0 Å². The first-order valence-electron chi connectivity index (χ1n) is 9.87. The fourth-order valence-corrected chi connectivity index (χ4v) is 2.68. The van der Waals surface area contributed by atoms with E-state index in [2.05, 4.69) is 46.8 Å². The van der Waals surface area contributed by atoms with Gasteiger partial charge in [-0.15, -0.1) is 24.0 Å². The molecule has 28 heavy (non-hydrogen) atoms. The van der Waals surface area contributed by atoms with Gasteiger partial charge in [-0.2, -0.15) is 0 Å². The fraction of sp³-hybridized carbons (Fsp3) is 0.667. The lowest BCUT2D eigenvalue weighted by Gasteiger charge is -2.24. The predicted octanol–water partition coefficient (Wildman–Crippen LogP) is 3.48. The molecule has 0 unspecified atom stereocenters. The molecule has 2 rings (SSSR count). The van der Waals surface area contributed by atoms with Crippen LogP contribution in [0.25, 0.3) is 0 Å². The lowest BCUT2D eigenvalue weighted by atomic mass is 10.1. The summed E-state index contributed by atoms with van der Waals surface area (Å²) in [7, 11) is 1.72. The van der Waals surface area contributed by atoms with Crippen LogP contribution in [0.5, 0.6) is 0 Å². The third-order valence-electron chi connectivity index (χ3n) is 4.68. The number of hydrogen-bond donors (Lipinski definition) is 2. The van der Waals surface area contributed by atoms with E-state index in [1.165, 1.54) is 11.1 Å². The molecule has 1 aromatic rings. The Balaban J connectivity index is 0.00000392. The van der Waals surface area contributed by atoms with E-state index >= 15 is 0 Å². The molecule has 1 saturated heterocycles. The van der Waals surface area contributed by atoms with Crippen LogP contribution in [0.1, 0.15) is 44.7 Å². The molecule has 0 spiro atoms. The van der Waals surface area contributed by atoms with Crippen LogP contribution in [0.2, 0.25) is 0 Å². The number of rotatable bonds is 9. The highest BCUT2D eigenvalue weighted by Gasteiger charge is 2.16. The SMILES string of the molecule is CCNC(=NCc1ccc(COC2CCOCC2)cc1)NCC(C)(C)OC.I. The highest BCUT2D eigenvalue weighted by Crippen LogP contribution is 2.14. The number of aliphatic imine (C=N–C) groups is 1. The van der Waals surface area contributed by atoms with Crippen LogP contribution in [0.4, 0.5) is 0 Å². The first-order valence-corrected chi connectivity index (χ1v) is 9.87. The molecule has 2 N–H and O–H groups in total. The molecule has 1 fully saturated rings. The van der Waals surface area contributed by atoms with Gasteiger partial charge in [0.15, 0.2) is 5.96 Å². The van der Waals surface area contributed by atoms with Gasteiger partial charge in [0, 0.05) is 33.4 Å². The van der Waals surface area contributed by atoms with Gasteiger partial charge in [0.2, 0.25) is 0 Å². The molecule has 1 aliphatic heterocycles. The van der Waals surface area contributed by atoms with Gasteiger partial charge in [0.25, 0.3) is 0 Å². The van der Waals surface area contributed by atoms with Crippen LogP contribution < -0.4 is 10.6 Å². The minimum atomic E-state index is -0.234. The van der Waals surface area contributed by atoms with Crippen molar-refractivity contribution in [1.29, 1.82) is 0 Å². The standard InChI is InChI=1S/C21H35N3O3.HI/c1-5-22-20(24-16-21(2,3)25-4)23-14-17-6-8-18(9-7-17)15-27-19-10-12-26-13-11-19;/h6-9,19H,5,10-16H2,1-4H3,(H2,22,23,24);1H. The van der Waals surface area contributed by atoms with Crippen molar-refractivity contribution in [2.45, 2.75) is 58.5 Å². The topological polar surface area (TPSA) is 64.1 Å². The Hall–Kier alpha value is -0.900. The molecule has 0 atom stereocenters. The average molecular weight is 505 g/mol. The summed E-state index contributed by atoms with van der Waals surface area (Å²) in [6.07, 6.45) is 2.31. The Labute approximate surface area is 186 Å². The molecule has 160 valence electrons. The second-order valence-corrected chi connectivity index (χ2v) is 7.45. The van der Waals surface area contributed by atoms with Crippen molar-refractivity contribution in [2.24, 2.45) is 4.99 Å². The number of guanidine groups is 1. The van der Waals surface area contributed by atoms with Crippen LogP contribution in [0.3, 0.4) is 0 Å². The summed E-state index contributed by atoms with van der Waals surface area (Å²) < 4.78 is 16.8. The van der Waals surface area contributed by atoms with Crippen LogP contribution >= 0.6 is 24.0 Å². The molecule has 7 heteroatoms. The molecule has 0 aromatic heterocycles. The summed E-state index contributed by atoms with van der Waals surface area (Å²) in [5.41, 5.74) is 2.14. The zero-order chi connectivity index (χ0) is 19.5. The van der Waals surface area contributed by atoms with Crippen molar-refractivity contribution in [3.05, 3.63) is 35.4 Å². The summed E-state index contributed by atoms with van der Waals surface area (Å²) in [5, 5.41) is 6.60. The van der Waals surface area contributed by atoms with Crippen LogP contribution in [-0.4, -0.2) is 51.1 Å². The van der Waals surface area contributed by atoms with E-state index in [4.69, 9.17) is 14.2 Å². The molecular formula is C21H36IN3O3. The number of ether oxygens (including phenoxy) is 3. The van der Waals surface area contributed by atoms with Crippen LogP contribution in [0, 0.1) is 0 Å². The monoisotopic (exact) mass is 505 g/mol. The Morgan fingerprint density at radius 3 is 2.39 bits per heavy atom. The lowest BCUT2D eigenvalue weighted by molar-refractivity contribution is -0.0390. The van der Waals surface area contributed by atoms with Crippen molar-refractivity contribution in [3.8, 4) is 0 Å². The summed E-state index contributed by atoms with van der Waals surface area (Å²) in [6.45, 7) is 10.6. The lowest BCUT2D eigenvalue weighted by Crippen LogP contribution is -2.45. The molecule has 0 radical (unpaired) electrons. The van der Waals surface area contributed by atoms with Gasteiger partial charge in [-0.05, 0) is 44.7 Å². The summed E-state index contributed by atoms with van der Waals surface area (Å²) in [6, 6.07) is 8.49. The van der Waals surface area contributed by atoms with E-state index < -0.39 is 0 Å². The first kappa shape index (κ1) is 25.1. The summed E-state index contributed by atoms with van der Waals surface area (Å²) in [5.74, 6) is 0.801. The van der Waals surface area contributed by atoms with Gasteiger partial charge < -0.3 is 24.8 Å². The number of hydrogen-bond acceptors (Lipinski definition) is 4. The minimum absolute atomic E-state index is 0. The second kappa shape index (κ2) is 13.3. The van der Waals surface area contributed by atoms with E-state index in [9.17, 15) is 0 Å². The largest absolute Gasteiger partial charge is 0.381 e. The zero-order valence-corrected chi connectivity index (χ0v) is 20.0. The molecule has 0 aliphatic carbocycles. The fourth-order valence-electron chi connectivity index (χ4n) is 2.68. The molecule has 1 aliphatic rings. The van der Waals surface area contributed by atoms with Crippen molar-refractivity contribution in [2.75, 3.05) is 33.4 Å². The van der Waals surface area contributed by atoms with E-state index in [1.54, 1.807) is 7.11 Å². The molecule has 1 aromatic carbocycles. The summed E-state index contributed by atoms with van der Waals surface area (Å²) in [4.78, 5) is 4.66. The van der Waals surface area contributed by atoms with Gasteiger partial charge in [-0.1, -0.05) is 24.3 Å². The molecule has 0 saturated carbocycles. The summed E-state index contributed by atoms with van der Waals surface area (Å²) >= 11 is 0. The molecule has 0 bridgehead atoms. The first-order chi connectivity index (χ1) is 13.0. The van der Waals surface area contributed by atoms with Gasteiger partial charge in [0.05, 0.1) is 24.9 Å². The highest BCUT2D eigenvalue weighted by molar-refractivity contribution is 14.0. The molecule has 0 amide bonds. The van der Waals surface area contributed by atoms with E-state index in [0.717, 1.165) is 38.6 Å². The Kier molecular flexibility index (Phi) is 12.0. The highest BCUT2D eigenvalue weighted by atomic mass is 127. The number of benzene rings is 1. The molecular weight excluding hydrogens is 469 g/mol. The average Bonchev–Trinajstić information content (AvgIpc) is 2.70. The van der Waals surface area contributed by atoms with E-state index in [1.807, 2.05) is 13.8 Å². The van der Waals surface area contributed by atoms with E-state index in [-0.39, 0.29) is 29.6 Å². The third-order valence-corrected chi connectivity index (χ3v) is 4.68. The van der Waals surface area contributed by atoms with Crippen molar-refractivity contribution >= 4 is 29.9 Å². The number of nitrogens with zero attached hydrogens (tertiary/aromatic N) is 1. The maximum atomic E-state index is 5.97. The molecule has 6 nitrogen and oxygen atoms in total. The molecule has 1 heterocycles. The maximum absolute atomic E-state index is 5.97. The van der Waals surface area contributed by atoms with Crippen molar-refractivity contribution < 1.29 is 14.2 Å². The van der Waals surface area contributed by atoms with Crippen LogP contribution in [-0.2, 0) is 27.4 Å². The Morgan fingerprint density at radius 2 is 1.79 bits per heavy atom. The third kappa shape index (κ3) is 9.54. The van der Waals surface area contributed by atoms with Crippen molar-refractivity contribution in [3.63, 3.8) is 0 Å². The van der Waals surface area contributed by atoms with Gasteiger partial charge in [-0.3, -0.25) is 0 Å². The van der Waals surface area contributed by atoms with Crippen molar-refractivity contribution in [1.82, 2.24) is 10.6 Å². The zero-order valence-electron chi connectivity index (χ0n) is 17.6. The van der Waals surface area contributed by atoms with Crippen LogP contribution in [0.15, 0.2) is 29.3 Å². The number of nitrogens with one attached hydrogen (secondary N) is 2. The van der Waals surface area contributed by atoms with Gasteiger partial charge >= 0.3 is 0 Å². The quantitative estimate of drug-likeness (QED) is 0.306. The maximum Gasteiger partial charge on any atom is 0.191 e. The van der Waals surface area contributed by atoms with E-state index in [0.29, 0.717) is 25.8 Å². The predicted molar refractivity (Wildman–Crippen MR) is 124 cm³/mol.